The molecular formula is C20H22F2N2O. The Morgan fingerprint density at radius 2 is 1.92 bits per heavy atom. The molecule has 1 unspecified atom stereocenters. The van der Waals surface area contributed by atoms with Crippen LogP contribution in [0.2, 0.25) is 0 Å². The summed E-state index contributed by atoms with van der Waals surface area (Å²) in [4.78, 5) is 8.33. The molecule has 0 saturated heterocycles. The molecule has 25 heavy (non-hydrogen) atoms. The second-order valence-corrected chi connectivity index (χ2v) is 5.91. The molecule has 1 N–H and O–H groups in total. The second kappa shape index (κ2) is 9.18. The van der Waals surface area contributed by atoms with Gasteiger partial charge in [0.1, 0.15) is 0 Å². The van der Waals surface area contributed by atoms with Crippen LogP contribution in [0, 0.1) is 11.6 Å². The predicted molar refractivity (Wildman–Crippen MR) is 95.9 cm³/mol. The molecule has 0 saturated carbocycles. The van der Waals surface area contributed by atoms with Gasteiger partial charge in [-0.1, -0.05) is 24.3 Å². The van der Waals surface area contributed by atoms with Crippen LogP contribution in [-0.4, -0.2) is 21.2 Å². The van der Waals surface area contributed by atoms with E-state index in [4.69, 9.17) is 0 Å². The molecule has 2 aromatic rings. The first-order chi connectivity index (χ1) is 12.0. The molecule has 0 radical (unpaired) electrons. The number of nitrogens with zero attached hydrogens (tertiary/aromatic N) is 2. The highest BCUT2D eigenvalue weighted by Gasteiger charge is 2.14. The molecule has 0 fully saturated rings. The Morgan fingerprint density at radius 3 is 2.56 bits per heavy atom. The fourth-order valence-corrected chi connectivity index (χ4v) is 2.41. The average Bonchev–Trinajstić information content (AvgIpc) is 2.59. The van der Waals surface area contributed by atoms with Gasteiger partial charge < -0.3 is 5.11 Å². The fourth-order valence-electron chi connectivity index (χ4n) is 2.41. The van der Waals surface area contributed by atoms with E-state index in [9.17, 15) is 13.9 Å². The number of unbranched alkanes of at least 4 members (excludes halogenated alkanes) is 1. The normalized spacial score (nSPS) is 12.5. The van der Waals surface area contributed by atoms with Crippen molar-refractivity contribution in [3.05, 3.63) is 66.3 Å². The van der Waals surface area contributed by atoms with E-state index in [2.05, 4.69) is 16.5 Å². The zero-order valence-corrected chi connectivity index (χ0v) is 14.3. The molecule has 5 heteroatoms. The van der Waals surface area contributed by atoms with Crippen LogP contribution in [0.15, 0.2) is 43.3 Å². The van der Waals surface area contributed by atoms with E-state index >= 15 is 0 Å². The third-order valence-corrected chi connectivity index (χ3v) is 3.77. The summed E-state index contributed by atoms with van der Waals surface area (Å²) in [7, 11) is 0. The summed E-state index contributed by atoms with van der Waals surface area (Å²) < 4.78 is 28.2. The van der Waals surface area contributed by atoms with Gasteiger partial charge in [0, 0.05) is 23.5 Å². The number of aromatic nitrogens is 2. The van der Waals surface area contributed by atoms with Gasteiger partial charge in [-0.25, -0.2) is 18.7 Å². The Balaban J connectivity index is 2.08. The highest BCUT2D eigenvalue weighted by molar-refractivity contribution is 5.63. The van der Waals surface area contributed by atoms with Crippen molar-refractivity contribution in [3.8, 4) is 11.1 Å². The number of hydrogen-bond donors (Lipinski definition) is 1. The summed E-state index contributed by atoms with van der Waals surface area (Å²) in [6.07, 6.45) is 10.6. The number of allylic oxidation sites excluding steroid dienone is 2. The minimum absolute atomic E-state index is 0.137. The van der Waals surface area contributed by atoms with E-state index in [1.807, 2.05) is 6.08 Å². The zero-order chi connectivity index (χ0) is 18.2. The van der Waals surface area contributed by atoms with Crippen molar-refractivity contribution < 1.29 is 13.9 Å². The van der Waals surface area contributed by atoms with Crippen molar-refractivity contribution in [2.24, 2.45) is 0 Å². The fraction of sp³-hybridized carbons (Fsp3) is 0.300. The van der Waals surface area contributed by atoms with Crippen molar-refractivity contribution in [2.75, 3.05) is 0 Å². The van der Waals surface area contributed by atoms with E-state index in [1.165, 1.54) is 24.5 Å². The van der Waals surface area contributed by atoms with Gasteiger partial charge in [0.2, 0.25) is 0 Å². The molecule has 0 amide bonds. The molecule has 0 bridgehead atoms. The first kappa shape index (κ1) is 18.9. The molecule has 1 heterocycles. The lowest BCUT2D eigenvalue weighted by molar-refractivity contribution is 0.182. The maximum absolute atomic E-state index is 14.2. The van der Waals surface area contributed by atoms with Gasteiger partial charge in [0.25, 0.3) is 0 Å². The Bertz CT molecular complexity index is 740. The van der Waals surface area contributed by atoms with Crippen LogP contribution in [0.3, 0.4) is 0 Å². The van der Waals surface area contributed by atoms with Crippen molar-refractivity contribution in [2.45, 2.75) is 38.7 Å². The molecule has 1 aromatic carbocycles. The number of benzene rings is 1. The van der Waals surface area contributed by atoms with Gasteiger partial charge in [-0.15, -0.1) is 6.58 Å². The molecular weight excluding hydrogens is 322 g/mol. The lowest BCUT2D eigenvalue weighted by atomic mass is 10.0. The highest BCUT2D eigenvalue weighted by atomic mass is 19.2. The Kier molecular flexibility index (Phi) is 6.95. The van der Waals surface area contributed by atoms with Crippen LogP contribution >= 0.6 is 0 Å². The zero-order valence-electron chi connectivity index (χ0n) is 14.3. The summed E-state index contributed by atoms with van der Waals surface area (Å²) in [5.74, 6) is -1.26. The van der Waals surface area contributed by atoms with Gasteiger partial charge >= 0.3 is 0 Å². The molecule has 1 aromatic heterocycles. The molecule has 0 aliphatic carbocycles. The molecule has 2 rings (SSSR count). The SMILES string of the molecule is C=CCc1ccc(-c2cnc(/C=C/CCCC(C)O)nc2)c(F)c1F. The quantitative estimate of drug-likeness (QED) is 0.557. The predicted octanol–water partition coefficient (Wildman–Crippen LogP) is 4.71. The Labute approximate surface area is 146 Å². The molecule has 0 aliphatic heterocycles. The summed E-state index contributed by atoms with van der Waals surface area (Å²) in [6.45, 7) is 5.29. The number of rotatable bonds is 8. The van der Waals surface area contributed by atoms with Crippen LogP contribution in [0.25, 0.3) is 17.2 Å². The van der Waals surface area contributed by atoms with Crippen LogP contribution in [0.4, 0.5) is 8.78 Å². The van der Waals surface area contributed by atoms with Gasteiger partial charge in [0.05, 0.1) is 6.10 Å². The third-order valence-electron chi connectivity index (χ3n) is 3.77. The minimum Gasteiger partial charge on any atom is -0.393 e. The topological polar surface area (TPSA) is 46.0 Å². The first-order valence-corrected chi connectivity index (χ1v) is 8.27. The maximum atomic E-state index is 14.2. The van der Waals surface area contributed by atoms with Crippen molar-refractivity contribution in [3.63, 3.8) is 0 Å². The lowest BCUT2D eigenvalue weighted by Crippen LogP contribution is -1.98. The maximum Gasteiger partial charge on any atom is 0.167 e. The number of aliphatic hydroxyl groups excluding tert-OH is 1. The van der Waals surface area contributed by atoms with Gasteiger partial charge in [-0.05, 0) is 44.2 Å². The van der Waals surface area contributed by atoms with Crippen LogP contribution in [0.5, 0.6) is 0 Å². The van der Waals surface area contributed by atoms with E-state index in [0.29, 0.717) is 11.4 Å². The smallest absolute Gasteiger partial charge is 0.167 e. The number of halogens is 2. The molecule has 0 aliphatic rings. The standard InChI is InChI=1S/C20H22F2N2O/c1-3-7-15-10-11-17(20(22)19(15)21)16-12-23-18(24-13-16)9-6-4-5-8-14(2)25/h3,6,9-14,25H,1,4-5,7-8H2,2H3/b9-6+. The van der Waals surface area contributed by atoms with Crippen LogP contribution in [0.1, 0.15) is 37.6 Å². The lowest BCUT2D eigenvalue weighted by Gasteiger charge is -2.07. The van der Waals surface area contributed by atoms with E-state index < -0.39 is 11.6 Å². The van der Waals surface area contributed by atoms with Crippen LogP contribution in [-0.2, 0) is 6.42 Å². The monoisotopic (exact) mass is 344 g/mol. The van der Waals surface area contributed by atoms with Crippen molar-refractivity contribution in [1.82, 2.24) is 9.97 Å². The molecule has 1 atom stereocenters. The first-order valence-electron chi connectivity index (χ1n) is 8.27. The average molecular weight is 344 g/mol. The summed E-state index contributed by atoms with van der Waals surface area (Å²) in [6, 6.07) is 3.08. The summed E-state index contributed by atoms with van der Waals surface area (Å²) in [5, 5.41) is 9.19. The summed E-state index contributed by atoms with van der Waals surface area (Å²) in [5.41, 5.74) is 0.833. The van der Waals surface area contributed by atoms with E-state index in [0.717, 1.165) is 19.3 Å². The Hall–Kier alpha value is -2.40. The van der Waals surface area contributed by atoms with Gasteiger partial charge in [0.15, 0.2) is 17.5 Å². The number of aliphatic hydroxyl groups is 1. The van der Waals surface area contributed by atoms with Gasteiger partial charge in [-0.2, -0.15) is 0 Å². The molecule has 132 valence electrons. The van der Waals surface area contributed by atoms with Crippen molar-refractivity contribution >= 4 is 6.08 Å². The van der Waals surface area contributed by atoms with E-state index in [-0.39, 0.29) is 23.7 Å². The molecule has 3 nitrogen and oxygen atoms in total. The van der Waals surface area contributed by atoms with E-state index in [1.54, 1.807) is 19.1 Å². The largest absolute Gasteiger partial charge is 0.393 e. The molecule has 0 spiro atoms. The highest BCUT2D eigenvalue weighted by Crippen LogP contribution is 2.26. The third kappa shape index (κ3) is 5.29. The second-order valence-electron chi connectivity index (χ2n) is 5.91. The van der Waals surface area contributed by atoms with Crippen LogP contribution < -0.4 is 0 Å². The Morgan fingerprint density at radius 1 is 1.20 bits per heavy atom. The van der Waals surface area contributed by atoms with Crippen molar-refractivity contribution in [1.29, 1.82) is 0 Å². The van der Waals surface area contributed by atoms with Gasteiger partial charge in [-0.3, -0.25) is 0 Å². The minimum atomic E-state index is -0.899. The number of hydrogen-bond acceptors (Lipinski definition) is 3. The summed E-state index contributed by atoms with van der Waals surface area (Å²) >= 11 is 0.